The molecule has 136 valence electrons. The predicted octanol–water partition coefficient (Wildman–Crippen LogP) is 3.63. The number of aromatic nitrogens is 4. The fourth-order valence-electron chi connectivity index (χ4n) is 2.33. The first-order chi connectivity index (χ1) is 12.5. The van der Waals surface area contributed by atoms with Crippen LogP contribution in [0.25, 0.3) is 0 Å². The average Bonchev–Trinajstić information content (AvgIpc) is 3.25. The number of benzene rings is 1. The molecule has 0 saturated carbocycles. The normalized spacial score (nSPS) is 11.1. The number of hydrogen-bond acceptors (Lipinski definition) is 6. The Kier molecular flexibility index (Phi) is 5.72. The third kappa shape index (κ3) is 4.72. The van der Waals surface area contributed by atoms with Crippen molar-refractivity contribution in [2.24, 2.45) is 0 Å². The number of carbonyl (C=O) groups excluding carboxylic acids is 1. The van der Waals surface area contributed by atoms with E-state index in [1.54, 1.807) is 16.9 Å². The Hall–Kier alpha value is -2.61. The van der Waals surface area contributed by atoms with E-state index in [-0.39, 0.29) is 11.9 Å². The summed E-state index contributed by atoms with van der Waals surface area (Å²) in [6.45, 7) is 6.98. The van der Waals surface area contributed by atoms with Crippen LogP contribution in [0.5, 0.6) is 0 Å². The first-order valence-corrected chi connectivity index (χ1v) is 9.34. The Morgan fingerprint density at radius 2 is 2.00 bits per heavy atom. The van der Waals surface area contributed by atoms with Crippen LogP contribution < -0.4 is 5.32 Å². The van der Waals surface area contributed by atoms with Gasteiger partial charge in [-0.05, 0) is 30.7 Å². The largest absolute Gasteiger partial charge is 0.407 e. The van der Waals surface area contributed by atoms with Crippen molar-refractivity contribution in [1.82, 2.24) is 20.0 Å². The van der Waals surface area contributed by atoms with Gasteiger partial charge in [0.2, 0.25) is 5.89 Å². The molecule has 0 bridgehead atoms. The van der Waals surface area contributed by atoms with Crippen LogP contribution in [0.1, 0.15) is 42.7 Å². The summed E-state index contributed by atoms with van der Waals surface area (Å²) in [7, 11) is 0. The van der Waals surface area contributed by atoms with Gasteiger partial charge in [0.25, 0.3) is 5.91 Å². The van der Waals surface area contributed by atoms with Crippen molar-refractivity contribution in [3.05, 3.63) is 53.7 Å². The topological polar surface area (TPSA) is 85.8 Å². The second-order valence-corrected chi connectivity index (χ2v) is 7.65. The predicted molar refractivity (Wildman–Crippen MR) is 100 cm³/mol. The molecule has 3 rings (SSSR count). The molecule has 0 spiro atoms. The van der Waals surface area contributed by atoms with Gasteiger partial charge in [-0.2, -0.15) is 5.10 Å². The molecule has 0 aliphatic rings. The molecule has 7 nitrogen and oxygen atoms in total. The summed E-state index contributed by atoms with van der Waals surface area (Å²) in [5, 5.41) is 15.1. The third-order valence-corrected chi connectivity index (χ3v) is 4.55. The summed E-state index contributed by atoms with van der Waals surface area (Å²) < 4.78 is 7.19. The van der Waals surface area contributed by atoms with E-state index in [4.69, 9.17) is 4.42 Å². The van der Waals surface area contributed by atoms with Gasteiger partial charge in [0.05, 0.1) is 6.42 Å². The van der Waals surface area contributed by atoms with Crippen molar-refractivity contribution in [2.75, 3.05) is 5.32 Å². The van der Waals surface area contributed by atoms with Gasteiger partial charge in [-0.3, -0.25) is 14.8 Å². The van der Waals surface area contributed by atoms with Crippen molar-refractivity contribution in [2.45, 2.75) is 43.9 Å². The van der Waals surface area contributed by atoms with Gasteiger partial charge >= 0.3 is 6.01 Å². The molecule has 8 heteroatoms. The number of hydrogen-bond donors (Lipinski definition) is 1. The van der Waals surface area contributed by atoms with Crippen LogP contribution in [-0.2, 0) is 13.0 Å². The molecule has 2 aromatic heterocycles. The number of rotatable bonds is 7. The number of aryl methyl sites for hydroxylation is 1. The molecule has 1 aromatic carbocycles. The van der Waals surface area contributed by atoms with Gasteiger partial charge < -0.3 is 4.42 Å². The third-order valence-electron chi connectivity index (χ3n) is 3.54. The number of nitrogens with zero attached hydrogens (tertiary/aromatic N) is 4. The second-order valence-electron chi connectivity index (χ2n) is 6.00. The maximum absolute atomic E-state index is 12.1. The van der Waals surface area contributed by atoms with Gasteiger partial charge in [0.15, 0.2) is 5.69 Å². The zero-order valence-electron chi connectivity index (χ0n) is 15.0. The minimum atomic E-state index is -0.373. The highest BCUT2D eigenvalue weighted by Crippen LogP contribution is 2.23. The molecule has 2 heterocycles. The van der Waals surface area contributed by atoms with Crippen LogP contribution in [0.3, 0.4) is 0 Å². The lowest BCUT2D eigenvalue weighted by molar-refractivity contribution is 0.101. The standard InChI is InChI=1S/C18H21N5O2S/c1-4-23-10-9-15(22-23)17(24)19-18-21-20-16(25-18)11-13-5-7-14(8-6-13)26-12(2)3/h5-10,12H,4,11H2,1-3H3,(H,19,21,24). The number of thioether (sulfide) groups is 1. The maximum atomic E-state index is 12.1. The molecule has 0 aliphatic heterocycles. The minimum absolute atomic E-state index is 0.0723. The molecule has 3 aromatic rings. The lowest BCUT2D eigenvalue weighted by Crippen LogP contribution is -2.13. The van der Waals surface area contributed by atoms with Crippen LogP contribution in [0.2, 0.25) is 0 Å². The fourth-order valence-corrected chi connectivity index (χ4v) is 3.17. The number of amides is 1. The van der Waals surface area contributed by atoms with E-state index in [0.717, 1.165) is 5.56 Å². The first kappa shape index (κ1) is 18.2. The molecular weight excluding hydrogens is 350 g/mol. The van der Waals surface area contributed by atoms with Gasteiger partial charge in [-0.1, -0.05) is 31.1 Å². The molecule has 0 saturated heterocycles. The quantitative estimate of drug-likeness (QED) is 0.638. The van der Waals surface area contributed by atoms with E-state index >= 15 is 0 Å². The molecule has 1 amide bonds. The van der Waals surface area contributed by atoms with Crippen molar-refractivity contribution in [3.8, 4) is 0 Å². The molecule has 1 N–H and O–H groups in total. The van der Waals surface area contributed by atoms with E-state index in [1.807, 2.05) is 30.8 Å². The number of anilines is 1. The van der Waals surface area contributed by atoms with E-state index in [9.17, 15) is 4.79 Å². The van der Waals surface area contributed by atoms with Gasteiger partial charge in [-0.25, -0.2) is 0 Å². The zero-order valence-corrected chi connectivity index (χ0v) is 15.8. The lowest BCUT2D eigenvalue weighted by Gasteiger charge is -2.05. The molecule has 0 aliphatic carbocycles. The Bertz CT molecular complexity index is 870. The molecular formula is C18H21N5O2S. The van der Waals surface area contributed by atoms with Gasteiger partial charge in [0, 0.05) is 22.9 Å². The first-order valence-electron chi connectivity index (χ1n) is 8.46. The monoisotopic (exact) mass is 371 g/mol. The van der Waals surface area contributed by atoms with Crippen LogP contribution >= 0.6 is 11.8 Å². The zero-order chi connectivity index (χ0) is 18.5. The van der Waals surface area contributed by atoms with E-state index in [0.29, 0.717) is 29.8 Å². The van der Waals surface area contributed by atoms with Crippen LogP contribution in [0.15, 0.2) is 45.8 Å². The molecule has 26 heavy (non-hydrogen) atoms. The Balaban J connectivity index is 1.59. The van der Waals surface area contributed by atoms with Crippen molar-refractivity contribution < 1.29 is 9.21 Å². The van der Waals surface area contributed by atoms with E-state index in [2.05, 4.69) is 46.6 Å². The maximum Gasteiger partial charge on any atom is 0.322 e. The minimum Gasteiger partial charge on any atom is -0.407 e. The Morgan fingerprint density at radius 3 is 2.65 bits per heavy atom. The highest BCUT2D eigenvalue weighted by molar-refractivity contribution is 7.99. The highest BCUT2D eigenvalue weighted by Gasteiger charge is 2.14. The van der Waals surface area contributed by atoms with Crippen molar-refractivity contribution in [3.63, 3.8) is 0 Å². The lowest BCUT2D eigenvalue weighted by atomic mass is 10.1. The SMILES string of the molecule is CCn1ccc(C(=O)Nc2nnc(Cc3ccc(SC(C)C)cc3)o2)n1. The average molecular weight is 371 g/mol. The Labute approximate surface area is 156 Å². The smallest absolute Gasteiger partial charge is 0.322 e. The second kappa shape index (κ2) is 8.18. The van der Waals surface area contributed by atoms with Crippen LogP contribution in [0.4, 0.5) is 6.01 Å². The van der Waals surface area contributed by atoms with Gasteiger partial charge in [-0.15, -0.1) is 16.9 Å². The molecule has 0 unspecified atom stereocenters. The Morgan fingerprint density at radius 1 is 1.23 bits per heavy atom. The summed E-state index contributed by atoms with van der Waals surface area (Å²) in [6.07, 6.45) is 2.26. The highest BCUT2D eigenvalue weighted by atomic mass is 32.2. The van der Waals surface area contributed by atoms with Crippen molar-refractivity contribution in [1.29, 1.82) is 0 Å². The summed E-state index contributed by atoms with van der Waals surface area (Å²) in [5.74, 6) is 0.0751. The van der Waals surface area contributed by atoms with Gasteiger partial charge in [0.1, 0.15) is 0 Å². The number of carbonyl (C=O) groups is 1. The molecule has 0 atom stereocenters. The molecule has 0 fully saturated rings. The molecule has 0 radical (unpaired) electrons. The van der Waals surface area contributed by atoms with E-state index < -0.39 is 0 Å². The summed E-state index contributed by atoms with van der Waals surface area (Å²) in [6, 6.07) is 9.98. The van der Waals surface area contributed by atoms with Crippen molar-refractivity contribution >= 4 is 23.7 Å². The summed E-state index contributed by atoms with van der Waals surface area (Å²) >= 11 is 1.82. The number of nitrogens with one attached hydrogen (secondary N) is 1. The van der Waals surface area contributed by atoms with Crippen LogP contribution in [0, 0.1) is 0 Å². The summed E-state index contributed by atoms with van der Waals surface area (Å²) in [4.78, 5) is 13.3. The van der Waals surface area contributed by atoms with E-state index in [1.165, 1.54) is 4.90 Å². The fraction of sp³-hybridized carbons (Fsp3) is 0.333. The summed E-state index contributed by atoms with van der Waals surface area (Å²) in [5.41, 5.74) is 1.38. The van der Waals surface area contributed by atoms with Crippen LogP contribution in [-0.4, -0.2) is 31.1 Å².